The summed E-state index contributed by atoms with van der Waals surface area (Å²) in [5.41, 5.74) is 3.72. The zero-order chi connectivity index (χ0) is 24.4. The Bertz CT molecular complexity index is 1380. The molecule has 1 atom stereocenters. The first kappa shape index (κ1) is 23.0. The molecule has 0 bridgehead atoms. The van der Waals surface area contributed by atoms with Gasteiger partial charge in [0.1, 0.15) is 17.3 Å². The fourth-order valence-corrected chi connectivity index (χ4v) is 4.55. The zero-order valence-electron chi connectivity index (χ0n) is 19.3. The number of anilines is 1. The van der Waals surface area contributed by atoms with E-state index in [0.29, 0.717) is 35.9 Å². The molecule has 1 aromatic carbocycles. The van der Waals surface area contributed by atoms with Gasteiger partial charge < -0.3 is 15.2 Å². The summed E-state index contributed by atoms with van der Waals surface area (Å²) in [7, 11) is 0. The highest BCUT2D eigenvalue weighted by atomic mass is 35.5. The van der Waals surface area contributed by atoms with Crippen molar-refractivity contribution in [2.24, 2.45) is 0 Å². The molecule has 0 radical (unpaired) electrons. The number of carbonyl (C=O) groups is 2. The second-order valence-corrected chi connectivity index (χ2v) is 9.15. The van der Waals surface area contributed by atoms with Gasteiger partial charge >= 0.3 is 0 Å². The van der Waals surface area contributed by atoms with Crippen molar-refractivity contribution in [2.75, 3.05) is 11.9 Å². The first-order valence-electron chi connectivity index (χ1n) is 11.6. The van der Waals surface area contributed by atoms with Gasteiger partial charge in [-0.15, -0.1) is 0 Å². The molecule has 3 aromatic heterocycles. The Morgan fingerprint density at radius 1 is 1.17 bits per heavy atom. The monoisotopic (exact) mass is 488 g/mol. The van der Waals surface area contributed by atoms with E-state index in [1.54, 1.807) is 30.5 Å². The summed E-state index contributed by atoms with van der Waals surface area (Å²) in [4.78, 5) is 44.3. The van der Waals surface area contributed by atoms with Crippen LogP contribution in [0.3, 0.4) is 0 Å². The van der Waals surface area contributed by atoms with Crippen molar-refractivity contribution in [1.29, 1.82) is 0 Å². The number of fused-ring (bicyclic) bond motifs is 1. The molecule has 2 amide bonds. The van der Waals surface area contributed by atoms with E-state index < -0.39 is 0 Å². The molecule has 9 heteroatoms. The van der Waals surface area contributed by atoms with Gasteiger partial charge in [0.05, 0.1) is 22.8 Å². The molecular weight excluding hydrogens is 464 g/mol. The van der Waals surface area contributed by atoms with Crippen molar-refractivity contribution in [3.63, 3.8) is 0 Å². The molecule has 35 heavy (non-hydrogen) atoms. The van der Waals surface area contributed by atoms with Crippen LogP contribution in [-0.2, 0) is 11.2 Å². The van der Waals surface area contributed by atoms with Crippen molar-refractivity contribution in [2.45, 2.75) is 38.6 Å². The Morgan fingerprint density at radius 2 is 2.06 bits per heavy atom. The van der Waals surface area contributed by atoms with Crippen LogP contribution in [-0.4, -0.2) is 43.2 Å². The van der Waals surface area contributed by atoms with E-state index in [2.05, 4.69) is 25.3 Å². The summed E-state index contributed by atoms with van der Waals surface area (Å²) < 4.78 is 0. The number of nitrogens with one attached hydrogen (secondary N) is 2. The van der Waals surface area contributed by atoms with Crippen molar-refractivity contribution < 1.29 is 9.59 Å². The predicted molar refractivity (Wildman–Crippen MR) is 134 cm³/mol. The van der Waals surface area contributed by atoms with Crippen LogP contribution in [0.5, 0.6) is 0 Å². The molecule has 0 spiro atoms. The van der Waals surface area contributed by atoms with Gasteiger partial charge in [0.2, 0.25) is 5.91 Å². The minimum absolute atomic E-state index is 0.0477. The summed E-state index contributed by atoms with van der Waals surface area (Å²) in [5.74, 6) is 0.946. The summed E-state index contributed by atoms with van der Waals surface area (Å²) in [5, 5.41) is 3.42. The number of nitrogens with zero attached hydrogens (tertiary/aromatic N) is 4. The van der Waals surface area contributed by atoms with Gasteiger partial charge in [-0.2, -0.15) is 0 Å². The number of pyridine rings is 2. The Morgan fingerprint density at radius 3 is 2.89 bits per heavy atom. The van der Waals surface area contributed by atoms with Crippen molar-refractivity contribution in [1.82, 2.24) is 24.8 Å². The van der Waals surface area contributed by atoms with Crippen molar-refractivity contribution >= 4 is 40.3 Å². The number of imidazole rings is 1. The SMILES string of the molecule is Cc1ccc(NC(=O)c2cccc(C3CCCN3C(=O)CCc3nc4ccc(Cl)cc4[nH]3)n2)nc1. The molecule has 1 fully saturated rings. The Kier molecular flexibility index (Phi) is 6.46. The lowest BCUT2D eigenvalue weighted by molar-refractivity contribution is -0.132. The van der Waals surface area contributed by atoms with Gasteiger partial charge in [0.15, 0.2) is 0 Å². The van der Waals surface area contributed by atoms with E-state index >= 15 is 0 Å². The lowest BCUT2D eigenvalue weighted by atomic mass is 10.1. The third-order valence-electron chi connectivity index (χ3n) is 6.14. The number of halogens is 1. The van der Waals surface area contributed by atoms with E-state index in [4.69, 9.17) is 11.6 Å². The number of aryl methyl sites for hydroxylation is 2. The van der Waals surface area contributed by atoms with Crippen LogP contribution in [0, 0.1) is 6.92 Å². The first-order valence-corrected chi connectivity index (χ1v) is 12.0. The number of amides is 2. The Labute approximate surface area is 207 Å². The number of hydrogen-bond donors (Lipinski definition) is 2. The van der Waals surface area contributed by atoms with Crippen LogP contribution >= 0.6 is 11.6 Å². The molecule has 5 rings (SSSR count). The lowest BCUT2D eigenvalue weighted by Crippen LogP contribution is -2.31. The van der Waals surface area contributed by atoms with Crippen LogP contribution in [0.2, 0.25) is 5.02 Å². The molecule has 4 heterocycles. The van der Waals surface area contributed by atoms with Gasteiger partial charge in [0.25, 0.3) is 5.91 Å². The average molecular weight is 489 g/mol. The maximum atomic E-state index is 13.1. The third-order valence-corrected chi connectivity index (χ3v) is 6.37. The highest BCUT2D eigenvalue weighted by Gasteiger charge is 2.31. The number of H-pyrrole nitrogens is 1. The zero-order valence-corrected chi connectivity index (χ0v) is 20.0. The van der Waals surface area contributed by atoms with Gasteiger partial charge in [-0.05, 0) is 61.7 Å². The smallest absolute Gasteiger partial charge is 0.275 e. The van der Waals surface area contributed by atoms with E-state index in [1.807, 2.05) is 36.1 Å². The molecule has 2 N–H and O–H groups in total. The minimum atomic E-state index is -0.330. The topological polar surface area (TPSA) is 104 Å². The number of aromatic nitrogens is 4. The summed E-state index contributed by atoms with van der Waals surface area (Å²) >= 11 is 6.05. The van der Waals surface area contributed by atoms with Crippen LogP contribution in [0.15, 0.2) is 54.7 Å². The highest BCUT2D eigenvalue weighted by molar-refractivity contribution is 6.31. The summed E-state index contributed by atoms with van der Waals surface area (Å²) in [6.45, 7) is 2.61. The fraction of sp³-hybridized carbons (Fsp3) is 0.269. The molecule has 178 valence electrons. The van der Waals surface area contributed by atoms with Gasteiger partial charge in [0, 0.05) is 30.6 Å². The molecule has 0 saturated carbocycles. The molecule has 4 aromatic rings. The van der Waals surface area contributed by atoms with Crippen LogP contribution in [0.1, 0.15) is 52.9 Å². The third kappa shape index (κ3) is 5.17. The van der Waals surface area contributed by atoms with Crippen molar-refractivity contribution in [3.05, 3.63) is 82.5 Å². The van der Waals surface area contributed by atoms with Gasteiger partial charge in [-0.25, -0.2) is 15.0 Å². The summed E-state index contributed by atoms with van der Waals surface area (Å²) in [6.07, 6.45) is 4.25. The number of hydrogen-bond acceptors (Lipinski definition) is 5. The molecule has 1 unspecified atom stereocenters. The molecule has 8 nitrogen and oxygen atoms in total. The maximum absolute atomic E-state index is 13.1. The highest BCUT2D eigenvalue weighted by Crippen LogP contribution is 2.31. The van der Waals surface area contributed by atoms with E-state index in [9.17, 15) is 9.59 Å². The fourth-order valence-electron chi connectivity index (χ4n) is 4.38. The second kappa shape index (κ2) is 9.84. The van der Waals surface area contributed by atoms with E-state index in [0.717, 1.165) is 41.0 Å². The molecule has 1 aliphatic rings. The van der Waals surface area contributed by atoms with Crippen LogP contribution in [0.4, 0.5) is 5.82 Å². The summed E-state index contributed by atoms with van der Waals surface area (Å²) in [6, 6.07) is 14.3. The quantitative estimate of drug-likeness (QED) is 0.403. The number of likely N-dealkylation sites (tertiary alicyclic amines) is 1. The molecular formula is C26H25ClN6O2. The van der Waals surface area contributed by atoms with Gasteiger partial charge in [-0.3, -0.25) is 9.59 Å². The van der Waals surface area contributed by atoms with E-state index in [-0.39, 0.29) is 17.9 Å². The Balaban J connectivity index is 1.25. The Hall–Kier alpha value is -3.78. The minimum Gasteiger partial charge on any atom is -0.342 e. The maximum Gasteiger partial charge on any atom is 0.275 e. The van der Waals surface area contributed by atoms with E-state index in [1.165, 1.54) is 0 Å². The average Bonchev–Trinajstić information content (AvgIpc) is 3.51. The number of rotatable bonds is 6. The predicted octanol–water partition coefficient (Wildman–Crippen LogP) is 4.86. The largest absolute Gasteiger partial charge is 0.342 e. The van der Waals surface area contributed by atoms with Gasteiger partial charge in [-0.1, -0.05) is 23.7 Å². The van der Waals surface area contributed by atoms with Crippen molar-refractivity contribution in [3.8, 4) is 0 Å². The molecule has 1 saturated heterocycles. The standard InChI is InChI=1S/C26H25ClN6O2/c1-16-7-10-23(28-15-16)32-26(35)20-5-2-4-19(29-20)22-6-3-13-33(22)25(34)12-11-24-30-18-9-8-17(27)14-21(18)31-24/h2,4-5,7-10,14-15,22H,3,6,11-13H2,1H3,(H,30,31)(H,28,32,35). The number of benzene rings is 1. The normalized spacial score (nSPS) is 15.5. The van der Waals surface area contributed by atoms with Crippen LogP contribution in [0.25, 0.3) is 11.0 Å². The number of aromatic amines is 1. The molecule has 0 aliphatic carbocycles. The lowest BCUT2D eigenvalue weighted by Gasteiger charge is -2.24. The molecule has 1 aliphatic heterocycles. The van der Waals surface area contributed by atoms with Crippen LogP contribution < -0.4 is 5.32 Å². The first-order chi connectivity index (χ1) is 17.0. The second-order valence-electron chi connectivity index (χ2n) is 8.71. The number of carbonyl (C=O) groups excluding carboxylic acids is 2.